The third-order valence-corrected chi connectivity index (χ3v) is 7.15. The first-order chi connectivity index (χ1) is 16.5. The van der Waals surface area contributed by atoms with Crippen molar-refractivity contribution in [2.24, 2.45) is 5.92 Å². The van der Waals surface area contributed by atoms with Crippen molar-refractivity contribution in [3.05, 3.63) is 74.3 Å². The molecule has 1 aromatic carbocycles. The molecule has 9 heteroatoms. The molecule has 4 heterocycles. The van der Waals surface area contributed by atoms with E-state index in [0.29, 0.717) is 39.1 Å². The van der Waals surface area contributed by atoms with E-state index in [1.165, 1.54) is 6.07 Å². The lowest BCUT2D eigenvalue weighted by Crippen LogP contribution is -2.49. The first-order valence-corrected chi connectivity index (χ1v) is 11.7. The summed E-state index contributed by atoms with van der Waals surface area (Å²) in [6, 6.07) is 11.2. The molecule has 1 unspecified atom stereocenters. The monoisotopic (exact) mass is 464 g/mol. The highest BCUT2D eigenvalue weighted by atomic mass is 16.6. The number of fused-ring (bicyclic) bond motifs is 5. The molecule has 178 valence electrons. The Balaban J connectivity index is 1.30. The number of hydrogen-bond acceptors (Lipinski definition) is 5. The summed E-state index contributed by atoms with van der Waals surface area (Å²) < 4.78 is 8.96. The van der Waals surface area contributed by atoms with Crippen LogP contribution in [0.15, 0.2) is 47.4 Å². The van der Waals surface area contributed by atoms with Gasteiger partial charge in [0.15, 0.2) is 0 Å². The van der Waals surface area contributed by atoms with E-state index in [9.17, 15) is 19.7 Å². The molecule has 3 aromatic rings. The molecule has 0 radical (unpaired) electrons. The molecule has 2 aromatic heterocycles. The van der Waals surface area contributed by atoms with Crippen molar-refractivity contribution >= 4 is 22.5 Å². The second kappa shape index (κ2) is 9.06. The van der Waals surface area contributed by atoms with Crippen molar-refractivity contribution in [1.82, 2.24) is 14.0 Å². The van der Waals surface area contributed by atoms with Gasteiger partial charge >= 0.3 is 11.2 Å². The number of likely N-dealkylation sites (tertiary alicyclic amines) is 1. The van der Waals surface area contributed by atoms with Crippen molar-refractivity contribution in [1.29, 1.82) is 0 Å². The number of methoxy groups -OCH3 is 1. The van der Waals surface area contributed by atoms with E-state index >= 15 is 0 Å². The Morgan fingerprint density at radius 3 is 2.79 bits per heavy atom. The van der Waals surface area contributed by atoms with E-state index in [1.807, 2.05) is 17.0 Å². The van der Waals surface area contributed by atoms with Crippen LogP contribution in [-0.2, 0) is 29.0 Å². The molecule has 2 atom stereocenters. The summed E-state index contributed by atoms with van der Waals surface area (Å²) in [6.45, 7) is 2.93. The van der Waals surface area contributed by atoms with Gasteiger partial charge in [0, 0.05) is 74.5 Å². The summed E-state index contributed by atoms with van der Waals surface area (Å²) in [5.74, 6) is 0.271. The number of nitrogens with zero attached hydrogens (tertiary/aromatic N) is 4. The van der Waals surface area contributed by atoms with Gasteiger partial charge in [-0.05, 0) is 36.5 Å². The highest BCUT2D eigenvalue weighted by Crippen LogP contribution is 2.36. The fraction of sp³-hybridized carbons (Fsp3) is 0.440. The smallest absolute Gasteiger partial charge is 0.334 e. The van der Waals surface area contributed by atoms with Crippen LogP contribution in [0.2, 0.25) is 0 Å². The first-order valence-electron chi connectivity index (χ1n) is 11.7. The van der Waals surface area contributed by atoms with Crippen LogP contribution < -0.4 is 5.56 Å². The lowest BCUT2D eigenvalue weighted by atomic mass is 9.83. The topological polar surface area (TPSA) is 99.6 Å². The summed E-state index contributed by atoms with van der Waals surface area (Å²) >= 11 is 0. The van der Waals surface area contributed by atoms with Gasteiger partial charge in [0.05, 0.1) is 11.5 Å². The second-order valence-corrected chi connectivity index (χ2v) is 9.27. The average molecular weight is 465 g/mol. The number of hydrogen-bond donors (Lipinski definition) is 0. The Morgan fingerprint density at radius 2 is 2.00 bits per heavy atom. The summed E-state index contributed by atoms with van der Waals surface area (Å²) in [4.78, 5) is 38.2. The minimum Gasteiger partial charge on any atom is -0.383 e. The Morgan fingerprint density at radius 1 is 1.18 bits per heavy atom. The maximum atomic E-state index is 13.2. The van der Waals surface area contributed by atoms with Gasteiger partial charge in [-0.2, -0.15) is 0 Å². The number of nitro groups is 1. The van der Waals surface area contributed by atoms with E-state index in [0.717, 1.165) is 35.1 Å². The summed E-state index contributed by atoms with van der Waals surface area (Å²) in [7, 11) is 1.69. The first kappa shape index (κ1) is 22.3. The number of pyridine rings is 1. The van der Waals surface area contributed by atoms with E-state index in [1.54, 1.807) is 17.7 Å². The summed E-state index contributed by atoms with van der Waals surface area (Å²) in [5.41, 5.74) is 2.17. The molecule has 0 saturated carbocycles. The lowest BCUT2D eigenvalue weighted by molar-refractivity contribution is -0.386. The molecule has 2 aliphatic rings. The molecular formula is C25H28N4O5. The van der Waals surface area contributed by atoms with Crippen molar-refractivity contribution in [3.8, 4) is 0 Å². The van der Waals surface area contributed by atoms with Gasteiger partial charge in [-0.25, -0.2) is 0 Å². The molecule has 0 aliphatic carbocycles. The maximum absolute atomic E-state index is 13.2. The Kier molecular flexibility index (Phi) is 5.95. The highest BCUT2D eigenvalue weighted by molar-refractivity contribution is 5.85. The van der Waals surface area contributed by atoms with E-state index in [2.05, 4.69) is 22.9 Å². The van der Waals surface area contributed by atoms with Gasteiger partial charge in [-0.3, -0.25) is 19.7 Å². The van der Waals surface area contributed by atoms with Crippen LogP contribution in [-0.4, -0.2) is 51.7 Å². The molecular weight excluding hydrogens is 436 g/mol. The van der Waals surface area contributed by atoms with Gasteiger partial charge in [0.25, 0.3) is 0 Å². The van der Waals surface area contributed by atoms with E-state index < -0.39 is 10.5 Å². The molecule has 2 aliphatic heterocycles. The lowest BCUT2D eigenvalue weighted by Gasteiger charge is -2.42. The number of aromatic nitrogens is 2. The predicted molar refractivity (Wildman–Crippen MR) is 127 cm³/mol. The summed E-state index contributed by atoms with van der Waals surface area (Å²) in [6.07, 6.45) is 4.10. The molecule has 1 fully saturated rings. The second-order valence-electron chi connectivity index (χ2n) is 9.27. The number of carbonyl (C=O) groups is 1. The quantitative estimate of drug-likeness (QED) is 0.395. The van der Waals surface area contributed by atoms with Crippen LogP contribution in [0.3, 0.4) is 0 Å². The Bertz CT molecular complexity index is 1310. The molecule has 2 bridgehead atoms. The SMILES string of the molecule is COCCn1cc(CCC(=O)N2CC3C[C@@H](C2)Cn2c3ccc([N+](=O)[O-])c2=O)c2ccccc21. The number of para-hydroxylation sites is 1. The zero-order valence-electron chi connectivity index (χ0n) is 19.2. The van der Waals surface area contributed by atoms with Gasteiger partial charge in [-0.15, -0.1) is 0 Å². The minimum absolute atomic E-state index is 0.0286. The van der Waals surface area contributed by atoms with Crippen molar-refractivity contribution in [3.63, 3.8) is 0 Å². The van der Waals surface area contributed by atoms with Crippen LogP contribution in [0.4, 0.5) is 5.69 Å². The fourth-order valence-electron chi connectivity index (χ4n) is 5.57. The third kappa shape index (κ3) is 4.00. The van der Waals surface area contributed by atoms with Crippen molar-refractivity contribution in [2.75, 3.05) is 26.8 Å². The maximum Gasteiger partial charge on any atom is 0.334 e. The molecule has 0 N–H and O–H groups in total. The molecule has 1 saturated heterocycles. The highest BCUT2D eigenvalue weighted by Gasteiger charge is 2.37. The number of benzene rings is 1. The van der Waals surface area contributed by atoms with Crippen LogP contribution in [0.25, 0.3) is 10.9 Å². The van der Waals surface area contributed by atoms with Crippen LogP contribution in [0.5, 0.6) is 0 Å². The molecule has 9 nitrogen and oxygen atoms in total. The zero-order chi connectivity index (χ0) is 23.8. The van der Waals surface area contributed by atoms with Crippen molar-refractivity contribution < 1.29 is 14.5 Å². The minimum atomic E-state index is -0.623. The fourth-order valence-corrected chi connectivity index (χ4v) is 5.57. The Labute approximate surface area is 196 Å². The number of carbonyl (C=O) groups excluding carboxylic acids is 1. The molecule has 34 heavy (non-hydrogen) atoms. The number of piperidine rings is 1. The van der Waals surface area contributed by atoms with Gasteiger partial charge in [-0.1, -0.05) is 18.2 Å². The average Bonchev–Trinajstić information content (AvgIpc) is 3.19. The number of aryl methyl sites for hydroxylation is 1. The van der Waals surface area contributed by atoms with Gasteiger partial charge < -0.3 is 18.8 Å². The van der Waals surface area contributed by atoms with Gasteiger partial charge in [0.2, 0.25) is 5.91 Å². The molecule has 5 rings (SSSR count). The largest absolute Gasteiger partial charge is 0.383 e. The predicted octanol–water partition coefficient (Wildman–Crippen LogP) is 2.94. The van der Waals surface area contributed by atoms with E-state index in [-0.39, 0.29) is 23.4 Å². The third-order valence-electron chi connectivity index (χ3n) is 7.15. The molecule has 1 amide bonds. The number of ether oxygens (including phenoxy) is 1. The normalized spacial score (nSPS) is 19.3. The summed E-state index contributed by atoms with van der Waals surface area (Å²) in [5, 5.41) is 12.3. The molecule has 0 spiro atoms. The number of amides is 1. The standard InChI is InChI=1S/C25H28N4O5/c1-34-11-10-26-15-18(20-4-2-3-5-22(20)26)6-9-24(30)27-13-17-12-19(16-27)21-7-8-23(29(32)33)25(31)28(21)14-17/h2-5,7-8,15,17,19H,6,9-14,16H2,1H3/t17-,19?/m0/s1. The number of rotatable bonds is 7. The van der Waals surface area contributed by atoms with Crippen LogP contribution >= 0.6 is 0 Å². The Hall–Kier alpha value is -3.46. The van der Waals surface area contributed by atoms with Crippen LogP contribution in [0.1, 0.15) is 30.0 Å². The van der Waals surface area contributed by atoms with E-state index in [4.69, 9.17) is 4.74 Å². The zero-order valence-corrected chi connectivity index (χ0v) is 19.2. The van der Waals surface area contributed by atoms with Crippen molar-refractivity contribution in [2.45, 2.75) is 38.3 Å². The van der Waals surface area contributed by atoms with Crippen LogP contribution in [0, 0.1) is 16.0 Å². The van der Waals surface area contributed by atoms with Gasteiger partial charge in [0.1, 0.15) is 0 Å².